The zero-order valence-corrected chi connectivity index (χ0v) is 9.05. The molecule has 3 heterocycles. The van der Waals surface area contributed by atoms with Crippen LogP contribution in [-0.2, 0) is 0 Å². The molecule has 0 spiro atoms. The third kappa shape index (κ3) is 1.42. The normalized spacial score (nSPS) is 11.0. The van der Waals surface area contributed by atoms with Crippen molar-refractivity contribution in [2.75, 3.05) is 0 Å². The van der Waals surface area contributed by atoms with Crippen molar-refractivity contribution in [3.63, 3.8) is 0 Å². The predicted octanol–water partition coefficient (Wildman–Crippen LogP) is 3.60. The molecule has 0 atom stereocenters. The fourth-order valence-corrected chi connectivity index (χ4v) is 2.61. The van der Waals surface area contributed by atoms with Crippen LogP contribution >= 0.6 is 22.9 Å². The number of halogens is 1. The number of hydrogen-bond donors (Lipinski definition) is 0. The maximum absolute atomic E-state index is 5.97. The van der Waals surface area contributed by atoms with Gasteiger partial charge in [0.25, 0.3) is 0 Å². The summed E-state index contributed by atoms with van der Waals surface area (Å²) in [5.74, 6) is 0. The highest BCUT2D eigenvalue weighted by Gasteiger charge is 2.09. The Kier molecular flexibility index (Phi) is 1.97. The second-order valence-corrected chi connectivity index (χ2v) is 4.41. The van der Waals surface area contributed by atoms with Gasteiger partial charge in [0, 0.05) is 10.4 Å². The fourth-order valence-electron chi connectivity index (χ4n) is 1.37. The van der Waals surface area contributed by atoms with E-state index in [1.807, 2.05) is 12.1 Å². The van der Waals surface area contributed by atoms with Gasteiger partial charge >= 0.3 is 0 Å². The van der Waals surface area contributed by atoms with E-state index in [0.29, 0.717) is 5.15 Å². The molecule has 0 aromatic carbocycles. The summed E-state index contributed by atoms with van der Waals surface area (Å²) in [6.45, 7) is 0. The molecule has 3 nitrogen and oxygen atoms in total. The second kappa shape index (κ2) is 3.32. The zero-order valence-electron chi connectivity index (χ0n) is 7.48. The summed E-state index contributed by atoms with van der Waals surface area (Å²) in [6, 6.07) is 3.89. The van der Waals surface area contributed by atoms with Gasteiger partial charge in [0.2, 0.25) is 0 Å². The molecule has 0 fully saturated rings. The third-order valence-electron chi connectivity index (χ3n) is 2.07. The van der Waals surface area contributed by atoms with Crippen molar-refractivity contribution < 1.29 is 4.42 Å². The summed E-state index contributed by atoms with van der Waals surface area (Å²) < 4.78 is 5.95. The van der Waals surface area contributed by atoms with Crippen molar-refractivity contribution in [3.05, 3.63) is 36.1 Å². The Hall–Kier alpha value is -1.39. The first-order chi connectivity index (χ1) is 7.34. The lowest BCUT2D eigenvalue weighted by molar-refractivity contribution is 0.568. The van der Waals surface area contributed by atoms with Gasteiger partial charge in [0.15, 0.2) is 0 Å². The highest BCUT2D eigenvalue weighted by molar-refractivity contribution is 7.22. The van der Waals surface area contributed by atoms with E-state index in [4.69, 9.17) is 16.0 Å². The van der Waals surface area contributed by atoms with Crippen LogP contribution < -0.4 is 0 Å². The number of rotatable bonds is 1. The van der Waals surface area contributed by atoms with Crippen LogP contribution in [0.2, 0.25) is 5.15 Å². The monoisotopic (exact) mass is 236 g/mol. The number of furan rings is 1. The first-order valence-electron chi connectivity index (χ1n) is 4.27. The topological polar surface area (TPSA) is 38.9 Å². The predicted molar refractivity (Wildman–Crippen MR) is 60.1 cm³/mol. The highest BCUT2D eigenvalue weighted by atomic mass is 35.5. The Bertz CT molecular complexity index is 603. The van der Waals surface area contributed by atoms with E-state index in [0.717, 1.165) is 20.7 Å². The Morgan fingerprint density at radius 1 is 1.33 bits per heavy atom. The van der Waals surface area contributed by atoms with E-state index < -0.39 is 0 Å². The molecule has 3 aromatic rings. The number of fused-ring (bicyclic) bond motifs is 1. The maximum Gasteiger partial charge on any atom is 0.150 e. The summed E-state index contributed by atoms with van der Waals surface area (Å²) in [4.78, 5) is 9.18. The van der Waals surface area contributed by atoms with Gasteiger partial charge < -0.3 is 4.42 Å². The molecule has 0 saturated carbocycles. The molecular weight excluding hydrogens is 232 g/mol. The molecule has 3 aromatic heterocycles. The SMILES string of the molecule is Clc1ncnc2cc(-c3ccoc3)sc12. The molecular formula is C10H5ClN2OS. The minimum atomic E-state index is 0.500. The van der Waals surface area contributed by atoms with E-state index in [9.17, 15) is 0 Å². The minimum absolute atomic E-state index is 0.500. The van der Waals surface area contributed by atoms with Crippen LogP contribution in [0.3, 0.4) is 0 Å². The van der Waals surface area contributed by atoms with Crippen molar-refractivity contribution in [2.24, 2.45) is 0 Å². The van der Waals surface area contributed by atoms with Crippen molar-refractivity contribution in [1.82, 2.24) is 9.97 Å². The average Bonchev–Trinajstić information content (AvgIpc) is 2.86. The van der Waals surface area contributed by atoms with Crippen LogP contribution in [0.5, 0.6) is 0 Å². The largest absolute Gasteiger partial charge is 0.472 e. The molecule has 0 bridgehead atoms. The number of hydrogen-bond acceptors (Lipinski definition) is 4. The van der Waals surface area contributed by atoms with E-state index in [2.05, 4.69) is 9.97 Å². The highest BCUT2D eigenvalue weighted by Crippen LogP contribution is 2.35. The van der Waals surface area contributed by atoms with Crippen LogP contribution in [0.15, 0.2) is 35.4 Å². The molecule has 5 heteroatoms. The first kappa shape index (κ1) is 8.88. The summed E-state index contributed by atoms with van der Waals surface area (Å²) in [7, 11) is 0. The number of aromatic nitrogens is 2. The van der Waals surface area contributed by atoms with Gasteiger partial charge in [-0.15, -0.1) is 11.3 Å². The van der Waals surface area contributed by atoms with E-state index in [-0.39, 0.29) is 0 Å². The molecule has 0 amide bonds. The van der Waals surface area contributed by atoms with Crippen LogP contribution in [0.25, 0.3) is 20.7 Å². The molecule has 0 saturated heterocycles. The van der Waals surface area contributed by atoms with Crippen molar-refractivity contribution in [1.29, 1.82) is 0 Å². The van der Waals surface area contributed by atoms with Crippen molar-refractivity contribution in [3.8, 4) is 10.4 Å². The van der Waals surface area contributed by atoms with Gasteiger partial charge in [-0.1, -0.05) is 11.6 Å². The lowest BCUT2D eigenvalue weighted by Gasteiger charge is -1.87. The standard InChI is InChI=1S/C10H5ClN2OS/c11-10-9-7(12-5-13-10)3-8(15-9)6-1-2-14-4-6/h1-5H. The molecule has 0 aliphatic carbocycles. The van der Waals surface area contributed by atoms with Crippen molar-refractivity contribution >= 4 is 33.2 Å². The summed E-state index contributed by atoms with van der Waals surface area (Å²) in [6.07, 6.45) is 4.82. The summed E-state index contributed by atoms with van der Waals surface area (Å²) >= 11 is 7.53. The van der Waals surface area contributed by atoms with Crippen LogP contribution in [0.4, 0.5) is 0 Å². The first-order valence-corrected chi connectivity index (χ1v) is 5.46. The lowest BCUT2D eigenvalue weighted by atomic mass is 10.3. The number of thiophene rings is 1. The van der Waals surface area contributed by atoms with E-state index in [1.165, 1.54) is 6.33 Å². The lowest BCUT2D eigenvalue weighted by Crippen LogP contribution is -1.76. The van der Waals surface area contributed by atoms with Gasteiger partial charge in [-0.05, 0) is 12.1 Å². The Morgan fingerprint density at radius 2 is 2.27 bits per heavy atom. The van der Waals surface area contributed by atoms with Crippen LogP contribution in [0, 0.1) is 0 Å². The van der Waals surface area contributed by atoms with Crippen molar-refractivity contribution in [2.45, 2.75) is 0 Å². The summed E-state index contributed by atoms with van der Waals surface area (Å²) in [5.41, 5.74) is 1.91. The molecule has 3 rings (SSSR count). The van der Waals surface area contributed by atoms with Gasteiger partial charge in [-0.2, -0.15) is 0 Å². The van der Waals surface area contributed by atoms with Crippen LogP contribution in [0.1, 0.15) is 0 Å². The second-order valence-electron chi connectivity index (χ2n) is 3.00. The molecule has 0 radical (unpaired) electrons. The molecule has 0 N–H and O–H groups in total. The average molecular weight is 237 g/mol. The number of nitrogens with zero attached hydrogens (tertiary/aromatic N) is 2. The smallest absolute Gasteiger partial charge is 0.150 e. The Balaban J connectivity index is 2.27. The van der Waals surface area contributed by atoms with Crippen LogP contribution in [-0.4, -0.2) is 9.97 Å². The maximum atomic E-state index is 5.97. The Morgan fingerprint density at radius 3 is 3.00 bits per heavy atom. The molecule has 0 unspecified atom stereocenters. The van der Waals surface area contributed by atoms with Gasteiger partial charge in [-0.25, -0.2) is 9.97 Å². The minimum Gasteiger partial charge on any atom is -0.472 e. The zero-order chi connectivity index (χ0) is 10.3. The molecule has 15 heavy (non-hydrogen) atoms. The molecule has 74 valence electrons. The quantitative estimate of drug-likeness (QED) is 0.606. The van der Waals surface area contributed by atoms with E-state index in [1.54, 1.807) is 23.9 Å². The summed E-state index contributed by atoms with van der Waals surface area (Å²) in [5, 5.41) is 0.500. The van der Waals surface area contributed by atoms with Gasteiger partial charge in [-0.3, -0.25) is 0 Å². The molecule has 0 aliphatic heterocycles. The molecule has 0 aliphatic rings. The third-order valence-corrected chi connectivity index (χ3v) is 3.65. The Labute approximate surface area is 94.3 Å². The van der Waals surface area contributed by atoms with Gasteiger partial charge in [0.1, 0.15) is 11.5 Å². The van der Waals surface area contributed by atoms with E-state index >= 15 is 0 Å². The fraction of sp³-hybridized carbons (Fsp3) is 0. The van der Waals surface area contributed by atoms with Gasteiger partial charge in [0.05, 0.1) is 22.7 Å².